The molecule has 1 aliphatic rings. The van der Waals surface area contributed by atoms with E-state index in [9.17, 15) is 9.59 Å². The van der Waals surface area contributed by atoms with Gasteiger partial charge in [-0.3, -0.25) is 14.2 Å². The number of carbonyl (C=O) groups is 1. The number of hydrogen-bond donors (Lipinski definition) is 1. The summed E-state index contributed by atoms with van der Waals surface area (Å²) in [6.45, 7) is 4.55. The Bertz CT molecular complexity index is 1050. The van der Waals surface area contributed by atoms with E-state index in [0.29, 0.717) is 34.1 Å². The second-order valence-corrected chi connectivity index (χ2v) is 9.04. The van der Waals surface area contributed by atoms with Crippen LogP contribution < -0.4 is 20.3 Å². The molecule has 0 bridgehead atoms. The van der Waals surface area contributed by atoms with Crippen molar-refractivity contribution >= 4 is 28.6 Å². The van der Waals surface area contributed by atoms with Crippen LogP contribution in [0.1, 0.15) is 52.4 Å². The summed E-state index contributed by atoms with van der Waals surface area (Å²) in [7, 11) is 3.10. The number of allylic oxidation sites excluding steroid dienone is 2. The summed E-state index contributed by atoms with van der Waals surface area (Å²) in [6, 6.07) is 3.52. The quantitative estimate of drug-likeness (QED) is 0.324. The average Bonchev–Trinajstić information content (AvgIpc) is 2.82. The van der Waals surface area contributed by atoms with Gasteiger partial charge in [-0.05, 0) is 51.5 Å². The normalized spacial score (nSPS) is 14.7. The van der Waals surface area contributed by atoms with Gasteiger partial charge in [0.05, 0.1) is 30.9 Å². The maximum Gasteiger partial charge on any atom is 0.262 e. The lowest BCUT2D eigenvalue weighted by Gasteiger charge is -2.17. The van der Waals surface area contributed by atoms with Crippen LogP contribution in [0.15, 0.2) is 33.7 Å². The highest BCUT2D eigenvalue weighted by Gasteiger charge is 2.17. The first kappa shape index (κ1) is 24.2. The van der Waals surface area contributed by atoms with E-state index in [2.05, 4.69) is 11.4 Å². The fourth-order valence-corrected chi connectivity index (χ4v) is 4.61. The Labute approximate surface area is 193 Å². The summed E-state index contributed by atoms with van der Waals surface area (Å²) in [4.78, 5) is 30.5. The molecule has 0 spiro atoms. The van der Waals surface area contributed by atoms with Crippen molar-refractivity contribution in [3.05, 3.63) is 34.1 Å². The third-order valence-corrected chi connectivity index (χ3v) is 6.79. The van der Waals surface area contributed by atoms with E-state index >= 15 is 0 Å². The molecule has 1 unspecified atom stereocenters. The van der Waals surface area contributed by atoms with Crippen molar-refractivity contribution in [1.29, 1.82) is 0 Å². The maximum absolute atomic E-state index is 13.5. The van der Waals surface area contributed by atoms with Gasteiger partial charge in [-0.2, -0.15) is 0 Å². The Morgan fingerprint density at radius 3 is 2.66 bits per heavy atom. The molecule has 0 saturated carbocycles. The molecule has 1 amide bonds. The lowest BCUT2D eigenvalue weighted by molar-refractivity contribution is -0.119. The molecule has 0 radical (unpaired) electrons. The van der Waals surface area contributed by atoms with E-state index in [-0.39, 0.29) is 23.3 Å². The number of nitrogens with one attached hydrogen (secondary N) is 1. The van der Waals surface area contributed by atoms with Gasteiger partial charge in [-0.15, -0.1) is 0 Å². The topological polar surface area (TPSA) is 82.5 Å². The van der Waals surface area contributed by atoms with Crippen LogP contribution in [-0.2, 0) is 11.3 Å². The Kier molecular flexibility index (Phi) is 8.61. The van der Waals surface area contributed by atoms with Gasteiger partial charge in [-0.25, -0.2) is 4.98 Å². The number of amides is 1. The highest BCUT2D eigenvalue weighted by molar-refractivity contribution is 7.99. The van der Waals surface area contributed by atoms with E-state index in [4.69, 9.17) is 14.5 Å². The SMILES string of the molecule is CCC(C)NC(=O)CSc1nc2cc(OC)c(OC)cc2c(=O)n1CCC1=CCCCC1. The summed E-state index contributed by atoms with van der Waals surface area (Å²) >= 11 is 1.29. The lowest BCUT2D eigenvalue weighted by atomic mass is 9.97. The molecule has 174 valence electrons. The molecule has 1 N–H and O–H groups in total. The van der Waals surface area contributed by atoms with Gasteiger partial charge in [0, 0.05) is 18.7 Å². The van der Waals surface area contributed by atoms with Crippen molar-refractivity contribution in [2.45, 2.75) is 70.1 Å². The van der Waals surface area contributed by atoms with Crippen LogP contribution >= 0.6 is 11.8 Å². The summed E-state index contributed by atoms with van der Waals surface area (Å²) in [5.74, 6) is 1.15. The van der Waals surface area contributed by atoms with Crippen LogP contribution in [0.3, 0.4) is 0 Å². The molecular weight excluding hydrogens is 426 g/mol. The second-order valence-electron chi connectivity index (χ2n) is 8.10. The summed E-state index contributed by atoms with van der Waals surface area (Å²) in [5, 5.41) is 3.99. The minimum absolute atomic E-state index is 0.0625. The standard InChI is InChI=1S/C24H33N3O4S/c1-5-16(2)25-22(28)15-32-24-26-19-14-21(31-4)20(30-3)13-18(19)23(29)27(24)12-11-17-9-7-6-8-10-17/h9,13-14,16H,5-8,10-12,15H2,1-4H3,(H,25,28). The summed E-state index contributed by atoms with van der Waals surface area (Å²) in [5.41, 5.74) is 1.80. The molecule has 1 aromatic heterocycles. The smallest absolute Gasteiger partial charge is 0.262 e. The maximum atomic E-state index is 13.5. The molecule has 1 aromatic carbocycles. The van der Waals surface area contributed by atoms with Crippen LogP contribution in [0.2, 0.25) is 0 Å². The number of thioether (sulfide) groups is 1. The molecule has 8 heteroatoms. The number of ether oxygens (including phenoxy) is 2. The summed E-state index contributed by atoms with van der Waals surface area (Å²) < 4.78 is 12.5. The number of nitrogens with zero attached hydrogens (tertiary/aromatic N) is 2. The van der Waals surface area contributed by atoms with Crippen LogP contribution in [-0.4, -0.2) is 41.5 Å². The molecule has 3 rings (SSSR count). The molecule has 0 saturated heterocycles. The molecule has 2 aromatic rings. The second kappa shape index (κ2) is 11.4. The van der Waals surface area contributed by atoms with Gasteiger partial charge in [0.25, 0.3) is 5.56 Å². The number of methoxy groups -OCH3 is 2. The largest absolute Gasteiger partial charge is 0.493 e. The van der Waals surface area contributed by atoms with E-state index in [1.54, 1.807) is 30.9 Å². The Morgan fingerprint density at radius 1 is 1.25 bits per heavy atom. The van der Waals surface area contributed by atoms with Gasteiger partial charge in [-0.1, -0.05) is 30.3 Å². The van der Waals surface area contributed by atoms with E-state index in [0.717, 1.165) is 25.7 Å². The zero-order chi connectivity index (χ0) is 23.1. The monoisotopic (exact) mass is 459 g/mol. The molecular formula is C24H33N3O4S. The highest BCUT2D eigenvalue weighted by Crippen LogP contribution is 2.31. The van der Waals surface area contributed by atoms with Crippen molar-refractivity contribution < 1.29 is 14.3 Å². The number of carbonyl (C=O) groups excluding carboxylic acids is 1. The van der Waals surface area contributed by atoms with Crippen LogP contribution in [0.4, 0.5) is 0 Å². The van der Waals surface area contributed by atoms with Crippen molar-refractivity contribution in [2.24, 2.45) is 0 Å². The molecule has 1 atom stereocenters. The fourth-order valence-electron chi connectivity index (χ4n) is 3.77. The van der Waals surface area contributed by atoms with Gasteiger partial charge >= 0.3 is 0 Å². The fraction of sp³-hybridized carbons (Fsp3) is 0.542. The Morgan fingerprint density at radius 2 is 2.00 bits per heavy atom. The molecule has 1 aliphatic carbocycles. The van der Waals surface area contributed by atoms with Crippen molar-refractivity contribution in [3.63, 3.8) is 0 Å². The third kappa shape index (κ3) is 5.85. The minimum atomic E-state index is -0.128. The number of rotatable bonds is 10. The predicted molar refractivity (Wildman–Crippen MR) is 129 cm³/mol. The molecule has 1 heterocycles. The van der Waals surface area contributed by atoms with Crippen molar-refractivity contribution in [2.75, 3.05) is 20.0 Å². The average molecular weight is 460 g/mol. The lowest BCUT2D eigenvalue weighted by Crippen LogP contribution is -2.33. The predicted octanol–water partition coefficient (Wildman–Crippen LogP) is 4.31. The van der Waals surface area contributed by atoms with Gasteiger partial charge < -0.3 is 14.8 Å². The van der Waals surface area contributed by atoms with Crippen molar-refractivity contribution in [3.8, 4) is 11.5 Å². The number of fused-ring (bicyclic) bond motifs is 1. The molecule has 7 nitrogen and oxygen atoms in total. The van der Waals surface area contributed by atoms with E-state index in [1.165, 1.54) is 30.2 Å². The Hall–Kier alpha value is -2.48. The molecule has 32 heavy (non-hydrogen) atoms. The van der Waals surface area contributed by atoms with Gasteiger partial charge in [0.15, 0.2) is 16.7 Å². The number of hydrogen-bond acceptors (Lipinski definition) is 6. The number of aromatic nitrogens is 2. The summed E-state index contributed by atoms with van der Waals surface area (Å²) in [6.07, 6.45) is 8.59. The van der Waals surface area contributed by atoms with Crippen LogP contribution in [0.5, 0.6) is 11.5 Å². The molecule has 0 aliphatic heterocycles. The van der Waals surface area contributed by atoms with Crippen molar-refractivity contribution in [1.82, 2.24) is 14.9 Å². The minimum Gasteiger partial charge on any atom is -0.493 e. The van der Waals surface area contributed by atoms with Crippen LogP contribution in [0, 0.1) is 0 Å². The first-order chi connectivity index (χ1) is 15.5. The third-order valence-electron chi connectivity index (χ3n) is 5.82. The van der Waals surface area contributed by atoms with Gasteiger partial charge in [0.1, 0.15) is 0 Å². The number of benzene rings is 1. The highest BCUT2D eigenvalue weighted by atomic mass is 32.2. The molecule has 0 fully saturated rings. The zero-order valence-corrected chi connectivity index (χ0v) is 20.2. The van der Waals surface area contributed by atoms with E-state index < -0.39 is 0 Å². The first-order valence-electron chi connectivity index (χ1n) is 11.2. The first-order valence-corrected chi connectivity index (χ1v) is 12.2. The van der Waals surface area contributed by atoms with Gasteiger partial charge in [0.2, 0.25) is 5.91 Å². The zero-order valence-electron chi connectivity index (χ0n) is 19.4. The van der Waals surface area contributed by atoms with E-state index in [1.807, 2.05) is 13.8 Å². The van der Waals surface area contributed by atoms with Crippen LogP contribution in [0.25, 0.3) is 10.9 Å². The Balaban J connectivity index is 1.95.